The van der Waals surface area contributed by atoms with Crippen LogP contribution in [0.3, 0.4) is 0 Å². The summed E-state index contributed by atoms with van der Waals surface area (Å²) >= 11 is 0. The van der Waals surface area contributed by atoms with Crippen molar-refractivity contribution in [1.29, 1.82) is 0 Å². The summed E-state index contributed by atoms with van der Waals surface area (Å²) in [6.07, 6.45) is -6.75. The zero-order chi connectivity index (χ0) is 17.1. The maximum absolute atomic E-state index is 11.1. The molecule has 5 unspecified atom stereocenters. The van der Waals surface area contributed by atoms with Crippen LogP contribution in [0.5, 0.6) is 11.5 Å². The van der Waals surface area contributed by atoms with Gasteiger partial charge in [0.1, 0.15) is 18.3 Å². The molecule has 0 bridgehead atoms. The van der Waals surface area contributed by atoms with Crippen LogP contribution >= 0.6 is 0 Å². The molecular weight excluding hydrogens is 308 g/mol. The lowest BCUT2D eigenvalue weighted by molar-refractivity contribution is -0.271. The fourth-order valence-electron chi connectivity index (χ4n) is 2.18. The van der Waals surface area contributed by atoms with Gasteiger partial charge in [-0.25, -0.2) is 4.79 Å². The van der Waals surface area contributed by atoms with Crippen molar-refractivity contribution in [3.63, 3.8) is 0 Å². The van der Waals surface area contributed by atoms with Gasteiger partial charge < -0.3 is 34.6 Å². The van der Waals surface area contributed by atoms with Crippen molar-refractivity contribution >= 4 is 12.0 Å². The number of aliphatic carboxylic acids is 1. The first-order valence-corrected chi connectivity index (χ1v) is 6.78. The molecule has 1 aromatic carbocycles. The number of carbonyl (C=O) groups is 1. The fourth-order valence-corrected chi connectivity index (χ4v) is 2.18. The van der Waals surface area contributed by atoms with E-state index in [1.807, 2.05) is 0 Å². The number of methoxy groups -OCH3 is 1. The third-order valence-electron chi connectivity index (χ3n) is 3.48. The first-order chi connectivity index (χ1) is 10.9. The predicted octanol–water partition coefficient (Wildman–Crippen LogP) is -0.391. The molecule has 0 aromatic heterocycles. The minimum Gasteiger partial charge on any atom is -0.493 e. The van der Waals surface area contributed by atoms with E-state index in [-0.39, 0.29) is 5.75 Å². The minimum atomic E-state index is -1.77. The Bertz CT molecular complexity index is 587. The van der Waals surface area contributed by atoms with Gasteiger partial charge in [0.25, 0.3) is 0 Å². The lowest BCUT2D eigenvalue weighted by atomic mass is 9.99. The quantitative estimate of drug-likeness (QED) is 0.576. The lowest BCUT2D eigenvalue weighted by Crippen LogP contribution is -2.61. The van der Waals surface area contributed by atoms with Gasteiger partial charge in [-0.1, -0.05) is 18.7 Å². The highest BCUT2D eigenvalue weighted by molar-refractivity contribution is 5.73. The molecule has 2 rings (SSSR count). The van der Waals surface area contributed by atoms with E-state index in [0.29, 0.717) is 5.75 Å². The summed E-state index contributed by atoms with van der Waals surface area (Å²) < 4.78 is 15.6. The number of benzene rings is 1. The second-order valence-electron chi connectivity index (χ2n) is 4.97. The number of hydrogen-bond donors (Lipinski definition) is 4. The van der Waals surface area contributed by atoms with E-state index >= 15 is 0 Å². The molecule has 0 radical (unpaired) electrons. The minimum absolute atomic E-state index is 0.176. The Balaban J connectivity index is 2.24. The Hall–Kier alpha value is -2.13. The first kappa shape index (κ1) is 17.2. The van der Waals surface area contributed by atoms with Gasteiger partial charge in [0.15, 0.2) is 17.6 Å². The molecule has 1 heterocycles. The van der Waals surface area contributed by atoms with Gasteiger partial charge in [-0.3, -0.25) is 0 Å². The molecule has 0 spiro atoms. The lowest BCUT2D eigenvalue weighted by Gasteiger charge is -2.38. The Kier molecular flexibility index (Phi) is 5.22. The van der Waals surface area contributed by atoms with Crippen LogP contribution in [0.15, 0.2) is 24.8 Å². The molecule has 0 amide bonds. The average Bonchev–Trinajstić information content (AvgIpc) is 2.55. The molecule has 1 aliphatic rings. The molecule has 126 valence electrons. The molecule has 1 fully saturated rings. The molecule has 23 heavy (non-hydrogen) atoms. The molecule has 4 N–H and O–H groups in total. The van der Waals surface area contributed by atoms with Crippen molar-refractivity contribution in [3.05, 3.63) is 30.3 Å². The Morgan fingerprint density at radius 1 is 1.22 bits per heavy atom. The average molecular weight is 326 g/mol. The summed E-state index contributed by atoms with van der Waals surface area (Å²) in [5, 5.41) is 38.3. The summed E-state index contributed by atoms with van der Waals surface area (Å²) in [5.41, 5.74) is 0.762. The number of carboxylic acid groups (broad SMARTS) is 1. The second-order valence-corrected chi connectivity index (χ2v) is 4.97. The van der Waals surface area contributed by atoms with Gasteiger partial charge >= 0.3 is 5.97 Å². The number of ether oxygens (including phenoxy) is 3. The van der Waals surface area contributed by atoms with E-state index in [0.717, 1.165) is 5.56 Å². The molecule has 8 nitrogen and oxygen atoms in total. The number of aliphatic hydroxyl groups is 3. The first-order valence-electron chi connectivity index (χ1n) is 6.78. The van der Waals surface area contributed by atoms with Gasteiger partial charge in [-0.2, -0.15) is 0 Å². The van der Waals surface area contributed by atoms with Crippen LogP contribution < -0.4 is 9.47 Å². The monoisotopic (exact) mass is 326 g/mol. The normalized spacial score (nSPS) is 30.5. The number of aliphatic hydroxyl groups excluding tert-OH is 3. The predicted molar refractivity (Wildman–Crippen MR) is 78.0 cm³/mol. The molecular formula is C15H18O8. The van der Waals surface area contributed by atoms with E-state index in [4.69, 9.17) is 19.3 Å². The molecule has 1 saturated heterocycles. The fraction of sp³-hybridized carbons (Fsp3) is 0.400. The molecule has 5 atom stereocenters. The van der Waals surface area contributed by atoms with Crippen LogP contribution in [-0.2, 0) is 9.53 Å². The van der Waals surface area contributed by atoms with Crippen LogP contribution in [0, 0.1) is 0 Å². The van der Waals surface area contributed by atoms with E-state index in [9.17, 15) is 20.1 Å². The summed E-state index contributed by atoms with van der Waals surface area (Å²) in [4.78, 5) is 11.1. The number of rotatable bonds is 5. The van der Waals surface area contributed by atoms with E-state index in [1.165, 1.54) is 13.2 Å². The Morgan fingerprint density at radius 3 is 2.48 bits per heavy atom. The number of hydrogen-bond acceptors (Lipinski definition) is 7. The van der Waals surface area contributed by atoms with Crippen molar-refractivity contribution < 1.29 is 39.4 Å². The SMILES string of the molecule is C=Cc1ccc(OC2OC(C(=O)O)C(O)C(O)C2O)c(OC)c1. The molecule has 0 aliphatic carbocycles. The van der Waals surface area contributed by atoms with Crippen LogP contribution in [-0.4, -0.2) is 64.2 Å². The van der Waals surface area contributed by atoms with Crippen molar-refractivity contribution in [3.8, 4) is 11.5 Å². The molecule has 1 aliphatic heterocycles. The van der Waals surface area contributed by atoms with Gasteiger partial charge in [-0.15, -0.1) is 0 Å². The third-order valence-corrected chi connectivity index (χ3v) is 3.48. The maximum atomic E-state index is 11.1. The largest absolute Gasteiger partial charge is 0.493 e. The van der Waals surface area contributed by atoms with Crippen LogP contribution in [0.25, 0.3) is 6.08 Å². The standard InChI is InChI=1S/C15H18O8/c1-3-7-4-5-8(9(6-7)21-2)22-15-12(18)10(16)11(17)13(23-15)14(19)20/h3-6,10-13,15-18H,1H2,2H3,(H,19,20). The van der Waals surface area contributed by atoms with Crippen LogP contribution in [0.2, 0.25) is 0 Å². The maximum Gasteiger partial charge on any atom is 0.335 e. The summed E-state index contributed by atoms with van der Waals surface area (Å²) in [7, 11) is 1.41. The van der Waals surface area contributed by atoms with Gasteiger partial charge in [-0.05, 0) is 17.7 Å². The summed E-state index contributed by atoms with van der Waals surface area (Å²) in [6, 6.07) is 4.82. The summed E-state index contributed by atoms with van der Waals surface area (Å²) in [6.45, 7) is 3.62. The van der Waals surface area contributed by atoms with E-state index < -0.39 is 36.7 Å². The van der Waals surface area contributed by atoms with Crippen LogP contribution in [0.1, 0.15) is 5.56 Å². The zero-order valence-corrected chi connectivity index (χ0v) is 12.3. The Labute approximate surface area is 132 Å². The third kappa shape index (κ3) is 3.45. The highest BCUT2D eigenvalue weighted by atomic mass is 16.7. The van der Waals surface area contributed by atoms with Crippen LogP contribution in [0.4, 0.5) is 0 Å². The van der Waals surface area contributed by atoms with Crippen molar-refractivity contribution in [1.82, 2.24) is 0 Å². The van der Waals surface area contributed by atoms with Gasteiger partial charge in [0.2, 0.25) is 6.29 Å². The highest BCUT2D eigenvalue weighted by Crippen LogP contribution is 2.32. The molecule has 8 heteroatoms. The topological polar surface area (TPSA) is 126 Å². The Morgan fingerprint density at radius 2 is 1.91 bits per heavy atom. The zero-order valence-electron chi connectivity index (χ0n) is 12.3. The smallest absolute Gasteiger partial charge is 0.335 e. The van der Waals surface area contributed by atoms with E-state index in [2.05, 4.69) is 6.58 Å². The molecule has 0 saturated carbocycles. The number of carboxylic acids is 1. The van der Waals surface area contributed by atoms with E-state index in [1.54, 1.807) is 18.2 Å². The van der Waals surface area contributed by atoms with Gasteiger partial charge in [0.05, 0.1) is 7.11 Å². The van der Waals surface area contributed by atoms with Gasteiger partial charge in [0, 0.05) is 0 Å². The second kappa shape index (κ2) is 6.97. The van der Waals surface area contributed by atoms with Crippen molar-refractivity contribution in [2.45, 2.75) is 30.7 Å². The molecule has 1 aromatic rings. The van der Waals surface area contributed by atoms with Crippen molar-refractivity contribution in [2.75, 3.05) is 7.11 Å². The van der Waals surface area contributed by atoms with Crippen molar-refractivity contribution in [2.24, 2.45) is 0 Å². The summed E-state index contributed by atoms with van der Waals surface area (Å²) in [5.74, 6) is -0.994. The highest BCUT2D eigenvalue weighted by Gasteiger charge is 2.48.